The van der Waals surface area contributed by atoms with E-state index in [1.165, 1.54) is 15.3 Å². The van der Waals surface area contributed by atoms with E-state index in [0.717, 1.165) is 25.8 Å². The molecule has 1 aliphatic heterocycles. The van der Waals surface area contributed by atoms with E-state index < -0.39 is 0 Å². The summed E-state index contributed by atoms with van der Waals surface area (Å²) in [5, 5.41) is 0. The molecule has 1 saturated heterocycles. The van der Waals surface area contributed by atoms with Gasteiger partial charge in [-0.25, -0.2) is 0 Å². The van der Waals surface area contributed by atoms with E-state index in [4.69, 9.17) is 17.0 Å². The van der Waals surface area contributed by atoms with Gasteiger partial charge in [-0.3, -0.25) is 9.69 Å². The van der Waals surface area contributed by atoms with E-state index >= 15 is 0 Å². The summed E-state index contributed by atoms with van der Waals surface area (Å²) in [6.45, 7) is 0.462. The van der Waals surface area contributed by atoms with Crippen molar-refractivity contribution in [2.45, 2.75) is 6.61 Å². The predicted octanol–water partition coefficient (Wildman–Crippen LogP) is 7.80. The zero-order valence-electron chi connectivity index (χ0n) is 15.8. The molecule has 0 bridgehead atoms. The van der Waals surface area contributed by atoms with Crippen molar-refractivity contribution in [3.63, 3.8) is 0 Å². The molecular weight excluding hydrogens is 673 g/mol. The zero-order valence-corrected chi connectivity index (χ0v) is 22.8. The van der Waals surface area contributed by atoms with Gasteiger partial charge < -0.3 is 4.74 Å². The summed E-state index contributed by atoms with van der Waals surface area (Å²) in [5.41, 5.74) is 2.73. The predicted molar refractivity (Wildman–Crippen MR) is 147 cm³/mol. The fraction of sp³-hybridized carbons (Fsp3) is 0.0435. The highest BCUT2D eigenvalue weighted by Gasteiger charge is 2.33. The quantitative estimate of drug-likeness (QED) is 0.156. The van der Waals surface area contributed by atoms with Gasteiger partial charge in [-0.15, -0.1) is 0 Å². The van der Waals surface area contributed by atoms with E-state index in [1.807, 2.05) is 60.7 Å². The molecule has 3 nitrogen and oxygen atoms in total. The van der Waals surface area contributed by atoms with Gasteiger partial charge in [0, 0.05) is 3.57 Å². The van der Waals surface area contributed by atoms with E-state index in [2.05, 4.69) is 66.6 Å². The molecule has 1 amide bonds. The van der Waals surface area contributed by atoms with Crippen molar-refractivity contribution >= 4 is 100 Å². The summed E-state index contributed by atoms with van der Waals surface area (Å²) in [7, 11) is 0. The lowest BCUT2D eigenvalue weighted by Crippen LogP contribution is -2.27. The fourth-order valence-corrected chi connectivity index (χ4v) is 6.06. The van der Waals surface area contributed by atoms with Gasteiger partial charge in [-0.2, -0.15) is 0 Å². The van der Waals surface area contributed by atoms with Crippen molar-refractivity contribution in [2.75, 3.05) is 4.90 Å². The van der Waals surface area contributed by atoms with Gasteiger partial charge in [0.2, 0.25) is 0 Å². The Morgan fingerprint density at radius 1 is 1.03 bits per heavy atom. The number of amides is 1. The lowest BCUT2D eigenvalue weighted by molar-refractivity contribution is -0.113. The molecule has 3 aromatic rings. The number of thiocarbonyl (C=S) groups is 1. The maximum Gasteiger partial charge on any atom is 0.270 e. The number of thioether (sulfide) groups is 1. The monoisotopic (exact) mass is 685 g/mol. The van der Waals surface area contributed by atoms with Crippen molar-refractivity contribution in [1.29, 1.82) is 0 Å². The molecule has 1 heterocycles. The van der Waals surface area contributed by atoms with Gasteiger partial charge in [-0.1, -0.05) is 54.3 Å². The van der Waals surface area contributed by atoms with E-state index in [-0.39, 0.29) is 5.91 Å². The third kappa shape index (κ3) is 5.42. The first-order chi connectivity index (χ1) is 14.9. The second-order valence-corrected chi connectivity index (χ2v) is 11.2. The summed E-state index contributed by atoms with van der Waals surface area (Å²) in [6, 6.07) is 21.5. The standard InChI is InChI=1S/C23H14Br2INO2S2/c24-18-10-15(11-19(25)21(18)29-13-14-6-8-16(26)9-7-14)12-20-22(28)27(23(30)31-20)17-4-2-1-3-5-17/h1-12H,13H2/b20-12+. The van der Waals surface area contributed by atoms with Crippen LogP contribution in [0.5, 0.6) is 5.75 Å². The number of carbonyl (C=O) groups is 1. The Labute approximate surface area is 220 Å². The molecule has 0 atom stereocenters. The summed E-state index contributed by atoms with van der Waals surface area (Å²) >= 11 is 16.2. The van der Waals surface area contributed by atoms with Gasteiger partial charge >= 0.3 is 0 Å². The second-order valence-electron chi connectivity index (χ2n) is 6.58. The molecule has 3 aromatic carbocycles. The molecule has 8 heteroatoms. The minimum atomic E-state index is -0.118. The highest BCUT2D eigenvalue weighted by molar-refractivity contribution is 14.1. The molecule has 0 unspecified atom stereocenters. The lowest BCUT2D eigenvalue weighted by atomic mass is 10.2. The van der Waals surface area contributed by atoms with Crippen molar-refractivity contribution in [3.8, 4) is 5.75 Å². The first-order valence-corrected chi connectivity index (χ1v) is 13.0. The van der Waals surface area contributed by atoms with Crippen LogP contribution in [0, 0.1) is 3.57 Å². The van der Waals surface area contributed by atoms with Crippen LogP contribution in [0.1, 0.15) is 11.1 Å². The van der Waals surface area contributed by atoms with Crippen LogP contribution in [0.4, 0.5) is 5.69 Å². The first-order valence-electron chi connectivity index (χ1n) is 9.11. The number of para-hydroxylation sites is 1. The van der Waals surface area contributed by atoms with Gasteiger partial charge in [0.15, 0.2) is 4.32 Å². The fourth-order valence-electron chi connectivity index (χ4n) is 2.96. The summed E-state index contributed by atoms with van der Waals surface area (Å²) in [5.74, 6) is 0.597. The SMILES string of the molecule is O=C1/C(=C\c2cc(Br)c(OCc3ccc(I)cc3)c(Br)c2)SC(=S)N1c1ccccc1. The van der Waals surface area contributed by atoms with Gasteiger partial charge in [0.25, 0.3) is 5.91 Å². The molecule has 156 valence electrons. The van der Waals surface area contributed by atoms with E-state index in [9.17, 15) is 4.79 Å². The molecular formula is C23H14Br2INO2S2. The molecule has 1 aliphatic rings. The summed E-state index contributed by atoms with van der Waals surface area (Å²) in [6.07, 6.45) is 1.85. The number of hydrogen-bond acceptors (Lipinski definition) is 4. The van der Waals surface area contributed by atoms with E-state index in [0.29, 0.717) is 21.6 Å². The van der Waals surface area contributed by atoms with Crippen LogP contribution in [0.25, 0.3) is 6.08 Å². The molecule has 0 saturated carbocycles. The summed E-state index contributed by atoms with van der Waals surface area (Å²) < 4.78 is 9.33. The van der Waals surface area contributed by atoms with Crippen LogP contribution in [0.15, 0.2) is 80.6 Å². The molecule has 0 aromatic heterocycles. The van der Waals surface area contributed by atoms with Crippen LogP contribution in [-0.4, -0.2) is 10.2 Å². The number of rotatable bonds is 5. The lowest BCUT2D eigenvalue weighted by Gasteiger charge is -2.14. The second kappa shape index (κ2) is 10.2. The Morgan fingerprint density at radius 2 is 1.68 bits per heavy atom. The Hall–Kier alpha value is -1.20. The highest BCUT2D eigenvalue weighted by Crippen LogP contribution is 2.39. The molecule has 0 aliphatic carbocycles. The van der Waals surface area contributed by atoms with Crippen LogP contribution in [-0.2, 0) is 11.4 Å². The minimum Gasteiger partial charge on any atom is -0.487 e. The highest BCUT2D eigenvalue weighted by atomic mass is 127. The van der Waals surface area contributed by atoms with Crippen molar-refractivity contribution in [3.05, 3.63) is 95.3 Å². The number of hydrogen-bond donors (Lipinski definition) is 0. The molecule has 0 N–H and O–H groups in total. The number of anilines is 1. The van der Waals surface area contributed by atoms with Crippen LogP contribution in [0.2, 0.25) is 0 Å². The third-order valence-electron chi connectivity index (χ3n) is 4.42. The number of benzene rings is 3. The molecule has 0 radical (unpaired) electrons. The Balaban J connectivity index is 1.54. The average Bonchev–Trinajstić information content (AvgIpc) is 3.02. The van der Waals surface area contributed by atoms with Gasteiger partial charge in [0.1, 0.15) is 12.4 Å². The number of carbonyl (C=O) groups excluding carboxylic acids is 1. The van der Waals surface area contributed by atoms with Crippen molar-refractivity contribution < 1.29 is 9.53 Å². The number of ether oxygens (including phenoxy) is 1. The number of nitrogens with zero attached hydrogens (tertiary/aromatic N) is 1. The average molecular weight is 687 g/mol. The van der Waals surface area contributed by atoms with E-state index in [1.54, 1.807) is 4.90 Å². The first kappa shape index (κ1) is 23.0. The topological polar surface area (TPSA) is 29.5 Å². The van der Waals surface area contributed by atoms with Crippen molar-refractivity contribution in [1.82, 2.24) is 0 Å². The maximum atomic E-state index is 12.9. The molecule has 1 fully saturated rings. The largest absolute Gasteiger partial charge is 0.487 e. The normalized spacial score (nSPS) is 15.1. The summed E-state index contributed by atoms with van der Waals surface area (Å²) in [4.78, 5) is 15.1. The maximum absolute atomic E-state index is 12.9. The van der Waals surface area contributed by atoms with Gasteiger partial charge in [-0.05, 0) is 108 Å². The van der Waals surface area contributed by atoms with Crippen LogP contribution in [0.3, 0.4) is 0 Å². The molecule has 4 rings (SSSR count). The van der Waals surface area contributed by atoms with Gasteiger partial charge in [0.05, 0.1) is 19.5 Å². The number of halogens is 3. The Kier molecular flexibility index (Phi) is 7.53. The van der Waals surface area contributed by atoms with Crippen LogP contribution >= 0.6 is 78.4 Å². The molecule has 31 heavy (non-hydrogen) atoms. The smallest absolute Gasteiger partial charge is 0.270 e. The minimum absolute atomic E-state index is 0.118. The van der Waals surface area contributed by atoms with Crippen molar-refractivity contribution in [2.24, 2.45) is 0 Å². The zero-order chi connectivity index (χ0) is 22.0. The molecule has 0 spiro atoms. The Morgan fingerprint density at radius 3 is 2.32 bits per heavy atom. The van der Waals surface area contributed by atoms with Crippen LogP contribution < -0.4 is 9.64 Å². The third-order valence-corrected chi connectivity index (χ3v) is 7.62. The Bertz CT molecular complexity index is 1160.